The standard InChI is InChI=1S/C16H17F2N3O5S/c1-9(26-13(23)8-21-12(22)7-20(2)16(21)25)14(24)19-10-3-5-11(6-4-10)27-15(17)18/h3-6,9,15H,7-8H2,1-2H3,(H,19,24)/t9-/m0/s1. The fourth-order valence-electron chi connectivity index (χ4n) is 2.21. The number of esters is 1. The van der Waals surface area contributed by atoms with Gasteiger partial charge in [0.25, 0.3) is 17.6 Å². The minimum absolute atomic E-state index is 0.123. The summed E-state index contributed by atoms with van der Waals surface area (Å²) in [7, 11) is 1.42. The van der Waals surface area contributed by atoms with Gasteiger partial charge in [-0.2, -0.15) is 8.78 Å². The lowest BCUT2D eigenvalue weighted by molar-refractivity contribution is -0.154. The number of urea groups is 1. The van der Waals surface area contributed by atoms with Crippen molar-refractivity contribution in [2.75, 3.05) is 25.5 Å². The SMILES string of the molecule is C[C@H](OC(=O)CN1C(=O)CN(C)C1=O)C(=O)Nc1ccc(SC(F)F)cc1. The summed E-state index contributed by atoms with van der Waals surface area (Å²) in [4.78, 5) is 49.5. The largest absolute Gasteiger partial charge is 0.451 e. The van der Waals surface area contributed by atoms with Gasteiger partial charge in [0.05, 0.1) is 0 Å². The van der Waals surface area contributed by atoms with E-state index in [0.717, 1.165) is 9.80 Å². The molecule has 1 atom stereocenters. The Morgan fingerprint density at radius 1 is 1.26 bits per heavy atom. The molecule has 1 aliphatic rings. The Balaban J connectivity index is 1.85. The number of halogens is 2. The number of carbonyl (C=O) groups is 4. The minimum Gasteiger partial charge on any atom is -0.451 e. The average Bonchev–Trinajstić information content (AvgIpc) is 2.82. The predicted molar refractivity (Wildman–Crippen MR) is 92.2 cm³/mol. The van der Waals surface area contributed by atoms with Gasteiger partial charge in [-0.3, -0.25) is 19.3 Å². The Morgan fingerprint density at radius 2 is 1.89 bits per heavy atom. The number of anilines is 1. The van der Waals surface area contributed by atoms with Crippen molar-refractivity contribution in [3.8, 4) is 0 Å². The first kappa shape index (κ1) is 20.6. The van der Waals surface area contributed by atoms with Gasteiger partial charge in [-0.05, 0) is 31.2 Å². The molecule has 2 rings (SSSR count). The third-order valence-corrected chi connectivity index (χ3v) is 4.27. The van der Waals surface area contributed by atoms with Gasteiger partial charge < -0.3 is 15.0 Å². The highest BCUT2D eigenvalue weighted by atomic mass is 32.2. The summed E-state index contributed by atoms with van der Waals surface area (Å²) in [5, 5.41) is 2.48. The normalized spacial score (nSPS) is 15.3. The summed E-state index contributed by atoms with van der Waals surface area (Å²) in [5.74, 6) is -4.62. The monoisotopic (exact) mass is 401 g/mol. The second-order valence-electron chi connectivity index (χ2n) is 5.64. The fourth-order valence-corrected chi connectivity index (χ4v) is 2.70. The maximum absolute atomic E-state index is 12.3. The van der Waals surface area contributed by atoms with Crippen LogP contribution in [0.2, 0.25) is 0 Å². The minimum atomic E-state index is -2.54. The topological polar surface area (TPSA) is 96.0 Å². The molecule has 27 heavy (non-hydrogen) atoms. The number of thioether (sulfide) groups is 1. The Bertz CT molecular complexity index is 744. The lowest BCUT2D eigenvalue weighted by Crippen LogP contribution is -2.39. The van der Waals surface area contributed by atoms with Crippen LogP contribution in [0, 0.1) is 0 Å². The van der Waals surface area contributed by atoms with Crippen LogP contribution in [0.4, 0.5) is 19.3 Å². The number of alkyl halides is 2. The highest BCUT2D eigenvalue weighted by Crippen LogP contribution is 2.26. The molecule has 0 bridgehead atoms. The van der Waals surface area contributed by atoms with Gasteiger partial charge in [0, 0.05) is 17.6 Å². The summed E-state index contributed by atoms with van der Waals surface area (Å²) in [5.41, 5.74) is 0.341. The number of amides is 4. The average molecular weight is 401 g/mol. The predicted octanol–water partition coefficient (Wildman–Crippen LogP) is 1.77. The molecule has 0 radical (unpaired) electrons. The Morgan fingerprint density at radius 3 is 2.41 bits per heavy atom. The third kappa shape index (κ3) is 5.64. The van der Waals surface area contributed by atoms with E-state index in [0.29, 0.717) is 22.3 Å². The van der Waals surface area contributed by atoms with E-state index < -0.39 is 42.2 Å². The van der Waals surface area contributed by atoms with Crippen LogP contribution in [0.25, 0.3) is 0 Å². The molecular weight excluding hydrogens is 384 g/mol. The molecule has 1 saturated heterocycles. The Kier molecular flexibility index (Phi) is 6.72. The number of nitrogens with one attached hydrogen (secondary N) is 1. The van der Waals surface area contributed by atoms with E-state index in [1.807, 2.05) is 0 Å². The molecular formula is C16H17F2N3O5S. The van der Waals surface area contributed by atoms with Crippen molar-refractivity contribution in [2.45, 2.75) is 23.7 Å². The van der Waals surface area contributed by atoms with Gasteiger partial charge in [-0.1, -0.05) is 11.8 Å². The van der Waals surface area contributed by atoms with Crippen LogP contribution < -0.4 is 5.32 Å². The van der Waals surface area contributed by atoms with Crippen molar-refractivity contribution in [2.24, 2.45) is 0 Å². The second kappa shape index (κ2) is 8.80. The number of imide groups is 1. The second-order valence-corrected chi connectivity index (χ2v) is 6.71. The van der Waals surface area contributed by atoms with Gasteiger partial charge in [0.15, 0.2) is 6.10 Å². The van der Waals surface area contributed by atoms with Crippen molar-refractivity contribution in [1.82, 2.24) is 9.80 Å². The lowest BCUT2D eigenvalue weighted by Gasteiger charge is -2.16. The highest BCUT2D eigenvalue weighted by molar-refractivity contribution is 7.99. The number of nitrogens with zero attached hydrogens (tertiary/aromatic N) is 2. The summed E-state index contributed by atoms with van der Waals surface area (Å²) in [6.45, 7) is 0.620. The first-order valence-electron chi connectivity index (χ1n) is 7.78. The van der Waals surface area contributed by atoms with Crippen molar-refractivity contribution in [1.29, 1.82) is 0 Å². The van der Waals surface area contributed by atoms with Crippen LogP contribution in [0.1, 0.15) is 6.92 Å². The van der Waals surface area contributed by atoms with Crippen LogP contribution in [-0.4, -0.2) is 65.6 Å². The smallest absolute Gasteiger partial charge is 0.327 e. The van der Waals surface area contributed by atoms with Crippen molar-refractivity contribution in [3.05, 3.63) is 24.3 Å². The lowest BCUT2D eigenvalue weighted by atomic mass is 10.3. The maximum atomic E-state index is 12.3. The van der Waals surface area contributed by atoms with Gasteiger partial charge >= 0.3 is 12.0 Å². The van der Waals surface area contributed by atoms with Crippen molar-refractivity contribution < 1.29 is 32.7 Å². The van der Waals surface area contributed by atoms with Crippen LogP contribution >= 0.6 is 11.8 Å². The van der Waals surface area contributed by atoms with Crippen LogP contribution in [0.5, 0.6) is 0 Å². The van der Waals surface area contributed by atoms with E-state index >= 15 is 0 Å². The van der Waals surface area contributed by atoms with Gasteiger partial charge in [0.2, 0.25) is 0 Å². The van der Waals surface area contributed by atoms with E-state index in [1.54, 1.807) is 0 Å². The molecule has 4 amide bonds. The fraction of sp³-hybridized carbons (Fsp3) is 0.375. The summed E-state index contributed by atoms with van der Waals surface area (Å²) >= 11 is 0.378. The number of ether oxygens (including phenoxy) is 1. The van der Waals surface area contributed by atoms with Crippen LogP contribution in [0.15, 0.2) is 29.2 Å². The molecule has 1 N–H and O–H groups in total. The van der Waals surface area contributed by atoms with E-state index in [9.17, 15) is 28.0 Å². The third-order valence-electron chi connectivity index (χ3n) is 3.54. The number of carbonyl (C=O) groups excluding carboxylic acids is 4. The number of rotatable bonds is 7. The zero-order chi connectivity index (χ0) is 20.1. The summed E-state index contributed by atoms with van der Waals surface area (Å²) in [6, 6.07) is 5.10. The molecule has 8 nitrogen and oxygen atoms in total. The molecule has 1 heterocycles. The first-order chi connectivity index (χ1) is 12.7. The van der Waals surface area contributed by atoms with E-state index in [2.05, 4.69) is 5.32 Å². The number of benzene rings is 1. The van der Waals surface area contributed by atoms with Gasteiger partial charge in [-0.15, -0.1) is 0 Å². The van der Waals surface area contributed by atoms with E-state index in [1.165, 1.54) is 38.2 Å². The quantitative estimate of drug-likeness (QED) is 0.425. The Labute approximate surface area is 157 Å². The molecule has 0 aromatic heterocycles. The highest BCUT2D eigenvalue weighted by Gasteiger charge is 2.35. The van der Waals surface area contributed by atoms with Gasteiger partial charge in [0.1, 0.15) is 13.1 Å². The number of hydrogen-bond acceptors (Lipinski definition) is 6. The summed E-state index contributed by atoms with van der Waals surface area (Å²) in [6.07, 6.45) is -1.18. The molecule has 0 spiro atoms. The zero-order valence-corrected chi connectivity index (χ0v) is 15.3. The van der Waals surface area contributed by atoms with Crippen molar-refractivity contribution in [3.63, 3.8) is 0 Å². The number of likely N-dealkylation sites (N-methyl/N-ethyl adjacent to an activating group) is 1. The first-order valence-corrected chi connectivity index (χ1v) is 8.66. The zero-order valence-electron chi connectivity index (χ0n) is 14.5. The molecule has 0 aliphatic carbocycles. The summed E-state index contributed by atoms with van der Waals surface area (Å²) < 4.78 is 29.5. The van der Waals surface area contributed by atoms with Crippen LogP contribution in [0.3, 0.4) is 0 Å². The molecule has 11 heteroatoms. The molecule has 146 valence electrons. The molecule has 1 aromatic carbocycles. The molecule has 1 aliphatic heterocycles. The number of hydrogen-bond donors (Lipinski definition) is 1. The van der Waals surface area contributed by atoms with Gasteiger partial charge in [-0.25, -0.2) is 4.79 Å². The molecule has 1 fully saturated rings. The maximum Gasteiger partial charge on any atom is 0.327 e. The molecule has 0 unspecified atom stereocenters. The Hall–Kier alpha value is -2.69. The molecule has 1 aromatic rings. The molecule has 0 saturated carbocycles. The van der Waals surface area contributed by atoms with E-state index in [-0.39, 0.29) is 6.54 Å². The van der Waals surface area contributed by atoms with Crippen molar-refractivity contribution >= 4 is 41.3 Å². The van der Waals surface area contributed by atoms with Crippen LogP contribution in [-0.2, 0) is 19.1 Å². The van der Waals surface area contributed by atoms with E-state index in [4.69, 9.17) is 4.74 Å².